The number of hydrogen-bond acceptors (Lipinski definition) is 5. The van der Waals surface area contributed by atoms with Crippen LogP contribution in [0.15, 0.2) is 35.5 Å². The normalized spacial score (nSPS) is 15.7. The number of Topliss-reactive ketones (excluding diaryl/α,β-unsaturated/α-hetero) is 1. The van der Waals surface area contributed by atoms with Crippen molar-refractivity contribution in [3.8, 4) is 0 Å². The lowest BCUT2D eigenvalue weighted by Gasteiger charge is -2.26. The Morgan fingerprint density at radius 1 is 1.29 bits per heavy atom. The van der Waals surface area contributed by atoms with Crippen LogP contribution in [0.25, 0.3) is 0 Å². The monoisotopic (exact) mass is 306 g/mol. The van der Waals surface area contributed by atoms with Crippen LogP contribution in [0.5, 0.6) is 0 Å². The van der Waals surface area contributed by atoms with E-state index in [0.29, 0.717) is 24.5 Å². The Bertz CT molecular complexity index is 797. The van der Waals surface area contributed by atoms with Gasteiger partial charge in [0.25, 0.3) is 0 Å². The number of aromatic nitrogens is 3. The van der Waals surface area contributed by atoms with Gasteiger partial charge in [-0.2, -0.15) is 4.31 Å². The third-order valence-electron chi connectivity index (χ3n) is 3.48. The minimum Gasteiger partial charge on any atom is -0.315 e. The summed E-state index contributed by atoms with van der Waals surface area (Å²) >= 11 is 0. The van der Waals surface area contributed by atoms with Gasteiger partial charge in [0.2, 0.25) is 10.0 Å². The van der Waals surface area contributed by atoms with Crippen molar-refractivity contribution in [2.75, 3.05) is 6.54 Å². The van der Waals surface area contributed by atoms with Crippen LogP contribution in [0.1, 0.15) is 23.1 Å². The molecule has 0 N–H and O–H groups in total. The lowest BCUT2D eigenvalue weighted by Crippen LogP contribution is -2.38. The molecule has 0 saturated heterocycles. The number of fused-ring (bicyclic) bond motifs is 1. The quantitative estimate of drug-likeness (QED) is 0.779. The Hall–Kier alpha value is -2.06. The maximum atomic E-state index is 12.7. The van der Waals surface area contributed by atoms with Crippen LogP contribution in [0, 0.1) is 0 Å². The van der Waals surface area contributed by atoms with Crippen LogP contribution in [0.3, 0.4) is 0 Å². The number of carbonyl (C=O) groups is 1. The Labute approximate surface area is 122 Å². The SMILES string of the molecule is CC(=O)c1cccc(S(=O)(=O)N2CCn3cnnc3C2)c1. The summed E-state index contributed by atoms with van der Waals surface area (Å²) in [6.45, 7) is 2.48. The van der Waals surface area contributed by atoms with Crippen LogP contribution >= 0.6 is 0 Å². The van der Waals surface area contributed by atoms with E-state index in [2.05, 4.69) is 10.2 Å². The van der Waals surface area contributed by atoms with E-state index in [4.69, 9.17) is 0 Å². The van der Waals surface area contributed by atoms with E-state index in [1.807, 2.05) is 4.57 Å². The standard InChI is InChI=1S/C13H14N4O3S/c1-10(18)11-3-2-4-12(7-11)21(19,20)17-6-5-16-9-14-15-13(16)8-17/h2-4,7,9H,5-6,8H2,1H3. The zero-order chi connectivity index (χ0) is 15.0. The molecule has 2 heterocycles. The Morgan fingerprint density at radius 2 is 2.10 bits per heavy atom. The molecule has 0 bridgehead atoms. The van der Waals surface area contributed by atoms with Gasteiger partial charge in [-0.1, -0.05) is 12.1 Å². The second kappa shape index (κ2) is 5.05. The molecule has 0 amide bonds. The molecule has 0 fully saturated rings. The van der Waals surface area contributed by atoms with Gasteiger partial charge in [-0.25, -0.2) is 8.42 Å². The molecule has 2 aromatic rings. The van der Waals surface area contributed by atoms with E-state index in [9.17, 15) is 13.2 Å². The average Bonchev–Trinajstić information content (AvgIpc) is 2.94. The molecular formula is C13H14N4O3S. The molecule has 0 saturated carbocycles. The summed E-state index contributed by atoms with van der Waals surface area (Å²) in [7, 11) is -3.64. The summed E-state index contributed by atoms with van der Waals surface area (Å²) in [5.41, 5.74) is 0.385. The highest BCUT2D eigenvalue weighted by atomic mass is 32.2. The zero-order valence-corrected chi connectivity index (χ0v) is 12.2. The molecule has 1 aromatic heterocycles. The number of benzene rings is 1. The van der Waals surface area contributed by atoms with Crippen molar-refractivity contribution >= 4 is 15.8 Å². The highest BCUT2D eigenvalue weighted by molar-refractivity contribution is 7.89. The summed E-state index contributed by atoms with van der Waals surface area (Å²) in [6, 6.07) is 6.10. The Balaban J connectivity index is 1.94. The molecule has 1 aromatic carbocycles. The van der Waals surface area contributed by atoms with Gasteiger partial charge in [0.1, 0.15) is 12.2 Å². The Morgan fingerprint density at radius 3 is 2.86 bits per heavy atom. The number of rotatable bonds is 3. The molecule has 0 unspecified atom stereocenters. The minimum absolute atomic E-state index is 0.128. The molecule has 3 rings (SSSR count). The maximum Gasteiger partial charge on any atom is 0.243 e. The van der Waals surface area contributed by atoms with E-state index >= 15 is 0 Å². The van der Waals surface area contributed by atoms with Crippen molar-refractivity contribution in [2.45, 2.75) is 24.9 Å². The van der Waals surface area contributed by atoms with Gasteiger partial charge in [0.15, 0.2) is 5.78 Å². The third kappa shape index (κ3) is 2.47. The van der Waals surface area contributed by atoms with Crippen molar-refractivity contribution in [3.05, 3.63) is 42.0 Å². The lowest BCUT2D eigenvalue weighted by molar-refractivity contribution is 0.101. The molecule has 0 atom stereocenters. The molecule has 1 aliphatic heterocycles. The number of ketones is 1. The van der Waals surface area contributed by atoms with E-state index in [1.165, 1.54) is 23.4 Å². The predicted octanol–water partition coefficient (Wildman–Crippen LogP) is 0.685. The molecule has 1 aliphatic rings. The second-order valence-corrected chi connectivity index (χ2v) is 6.80. The van der Waals surface area contributed by atoms with Gasteiger partial charge in [0, 0.05) is 18.7 Å². The van der Waals surface area contributed by atoms with E-state index in [0.717, 1.165) is 0 Å². The number of hydrogen-bond donors (Lipinski definition) is 0. The fourth-order valence-corrected chi connectivity index (χ4v) is 3.71. The number of sulfonamides is 1. The van der Waals surface area contributed by atoms with Crippen LogP contribution < -0.4 is 0 Å². The highest BCUT2D eigenvalue weighted by Gasteiger charge is 2.29. The molecule has 8 heteroatoms. The number of carbonyl (C=O) groups excluding carboxylic acids is 1. The average molecular weight is 306 g/mol. The van der Waals surface area contributed by atoms with Gasteiger partial charge in [-0.05, 0) is 19.1 Å². The lowest BCUT2D eigenvalue weighted by atomic mass is 10.2. The van der Waals surface area contributed by atoms with Crippen molar-refractivity contribution < 1.29 is 13.2 Å². The molecule has 110 valence electrons. The first-order valence-corrected chi connectivity index (χ1v) is 7.90. The maximum absolute atomic E-state index is 12.7. The van der Waals surface area contributed by atoms with E-state index < -0.39 is 10.0 Å². The van der Waals surface area contributed by atoms with Gasteiger partial charge < -0.3 is 4.57 Å². The van der Waals surface area contributed by atoms with E-state index in [1.54, 1.807) is 18.5 Å². The number of nitrogens with zero attached hydrogens (tertiary/aromatic N) is 4. The first-order valence-electron chi connectivity index (χ1n) is 6.46. The first-order chi connectivity index (χ1) is 9.98. The molecule has 0 radical (unpaired) electrons. The van der Waals surface area contributed by atoms with Crippen LogP contribution in [0.4, 0.5) is 0 Å². The summed E-state index contributed by atoms with van der Waals surface area (Å²) in [4.78, 5) is 11.5. The largest absolute Gasteiger partial charge is 0.315 e. The minimum atomic E-state index is -3.64. The van der Waals surface area contributed by atoms with Crippen molar-refractivity contribution in [1.82, 2.24) is 19.1 Å². The fourth-order valence-electron chi connectivity index (χ4n) is 2.27. The van der Waals surface area contributed by atoms with Gasteiger partial charge >= 0.3 is 0 Å². The van der Waals surface area contributed by atoms with Gasteiger partial charge in [0.05, 0.1) is 11.4 Å². The summed E-state index contributed by atoms with van der Waals surface area (Å²) in [5, 5.41) is 7.69. The molecule has 0 spiro atoms. The van der Waals surface area contributed by atoms with E-state index in [-0.39, 0.29) is 17.2 Å². The smallest absolute Gasteiger partial charge is 0.243 e. The zero-order valence-electron chi connectivity index (χ0n) is 11.4. The second-order valence-electron chi connectivity index (χ2n) is 4.86. The van der Waals surface area contributed by atoms with Crippen LogP contribution in [0.2, 0.25) is 0 Å². The van der Waals surface area contributed by atoms with Crippen molar-refractivity contribution in [3.63, 3.8) is 0 Å². The first kappa shape index (κ1) is 13.9. The molecule has 7 nitrogen and oxygen atoms in total. The predicted molar refractivity (Wildman–Crippen MR) is 74.1 cm³/mol. The van der Waals surface area contributed by atoms with Crippen molar-refractivity contribution in [1.29, 1.82) is 0 Å². The highest BCUT2D eigenvalue weighted by Crippen LogP contribution is 2.21. The van der Waals surface area contributed by atoms with Gasteiger partial charge in [-0.15, -0.1) is 10.2 Å². The Kier molecular flexibility index (Phi) is 3.34. The molecule has 0 aliphatic carbocycles. The van der Waals surface area contributed by atoms with Crippen LogP contribution in [-0.2, 0) is 23.1 Å². The fraction of sp³-hybridized carbons (Fsp3) is 0.308. The van der Waals surface area contributed by atoms with Crippen molar-refractivity contribution in [2.24, 2.45) is 0 Å². The summed E-state index contributed by atoms with van der Waals surface area (Å²) < 4.78 is 28.5. The third-order valence-corrected chi connectivity index (χ3v) is 5.32. The topological polar surface area (TPSA) is 85.2 Å². The molecule has 21 heavy (non-hydrogen) atoms. The summed E-state index contributed by atoms with van der Waals surface area (Å²) in [5.74, 6) is 0.456. The summed E-state index contributed by atoms with van der Waals surface area (Å²) in [6.07, 6.45) is 1.59. The molecular weight excluding hydrogens is 292 g/mol. The van der Waals surface area contributed by atoms with Crippen LogP contribution in [-0.4, -0.2) is 39.8 Å². The van der Waals surface area contributed by atoms with Gasteiger partial charge in [-0.3, -0.25) is 4.79 Å².